The van der Waals surface area contributed by atoms with E-state index in [4.69, 9.17) is 4.74 Å². The number of aliphatic hydroxyl groups excluding tert-OH is 1. The van der Waals surface area contributed by atoms with Crippen molar-refractivity contribution in [3.05, 3.63) is 0 Å². The fraction of sp³-hybridized carbons (Fsp3) is 1.00. The molecule has 2 saturated heterocycles. The molecule has 5 heteroatoms. The van der Waals surface area contributed by atoms with Crippen LogP contribution >= 0.6 is 0 Å². The summed E-state index contributed by atoms with van der Waals surface area (Å²) in [4.78, 5) is 0. The summed E-state index contributed by atoms with van der Waals surface area (Å²) in [6.07, 6.45) is 6.46. The molecule has 0 aromatic rings. The van der Waals surface area contributed by atoms with Gasteiger partial charge in [-0.2, -0.15) is 0 Å². The second kappa shape index (κ2) is 6.35. The number of ether oxygens (including phenoxy) is 1. The van der Waals surface area contributed by atoms with Crippen molar-refractivity contribution in [3.8, 4) is 0 Å². The minimum Gasteiger partial charge on any atom is -0.396 e. The molecule has 2 aliphatic rings. The number of hydrogen-bond acceptors (Lipinski definition) is 4. The first-order chi connectivity index (χ1) is 8.61. The Morgan fingerprint density at radius 2 is 2.17 bits per heavy atom. The zero-order chi connectivity index (χ0) is 13.0. The van der Waals surface area contributed by atoms with E-state index in [1.165, 1.54) is 0 Å². The maximum absolute atomic E-state index is 11.4. The molecule has 106 valence electrons. The third-order valence-corrected chi connectivity index (χ3v) is 6.09. The standard InChI is InChI=1S/C13H24O4S/c14-9-11(12-6-8-18(15,16)10-12)3-1-4-13-5-2-7-17-13/h11-14H,1-10H2. The van der Waals surface area contributed by atoms with Crippen molar-refractivity contribution in [2.45, 2.75) is 44.6 Å². The lowest BCUT2D eigenvalue weighted by atomic mass is 9.87. The molecule has 2 heterocycles. The summed E-state index contributed by atoms with van der Waals surface area (Å²) < 4.78 is 28.5. The second-order valence-electron chi connectivity index (χ2n) is 5.67. The van der Waals surface area contributed by atoms with E-state index >= 15 is 0 Å². The highest BCUT2D eigenvalue weighted by Gasteiger charge is 2.33. The number of sulfone groups is 1. The first-order valence-electron chi connectivity index (χ1n) is 7.03. The summed E-state index contributed by atoms with van der Waals surface area (Å²) in [6, 6.07) is 0. The van der Waals surface area contributed by atoms with Crippen LogP contribution in [0.2, 0.25) is 0 Å². The van der Waals surface area contributed by atoms with E-state index in [1.807, 2.05) is 0 Å². The molecule has 18 heavy (non-hydrogen) atoms. The van der Waals surface area contributed by atoms with E-state index in [0.717, 1.165) is 45.1 Å². The van der Waals surface area contributed by atoms with Gasteiger partial charge in [0.2, 0.25) is 0 Å². The second-order valence-corrected chi connectivity index (χ2v) is 7.90. The van der Waals surface area contributed by atoms with Gasteiger partial charge in [-0.25, -0.2) is 8.42 Å². The van der Waals surface area contributed by atoms with E-state index in [2.05, 4.69) is 0 Å². The Hall–Kier alpha value is -0.130. The van der Waals surface area contributed by atoms with Gasteiger partial charge in [0.15, 0.2) is 9.84 Å². The van der Waals surface area contributed by atoms with Crippen LogP contribution in [0.4, 0.5) is 0 Å². The molecule has 0 spiro atoms. The smallest absolute Gasteiger partial charge is 0.150 e. The molecule has 0 saturated carbocycles. The van der Waals surface area contributed by atoms with Crippen LogP contribution in [0.5, 0.6) is 0 Å². The molecule has 1 N–H and O–H groups in total. The molecule has 0 aromatic carbocycles. The van der Waals surface area contributed by atoms with Crippen LogP contribution in [0, 0.1) is 11.8 Å². The summed E-state index contributed by atoms with van der Waals surface area (Å²) in [5.74, 6) is 0.908. The van der Waals surface area contributed by atoms with Gasteiger partial charge in [0.1, 0.15) is 0 Å². The van der Waals surface area contributed by atoms with Crippen LogP contribution in [0.1, 0.15) is 38.5 Å². The van der Waals surface area contributed by atoms with Crippen molar-refractivity contribution in [3.63, 3.8) is 0 Å². The lowest BCUT2D eigenvalue weighted by molar-refractivity contribution is 0.0966. The Kier molecular flexibility index (Phi) is 5.04. The molecule has 3 atom stereocenters. The monoisotopic (exact) mass is 276 g/mol. The quantitative estimate of drug-likeness (QED) is 0.796. The lowest BCUT2D eigenvalue weighted by Gasteiger charge is -2.20. The molecule has 0 aromatic heterocycles. The van der Waals surface area contributed by atoms with Crippen LogP contribution in [-0.4, -0.2) is 44.3 Å². The van der Waals surface area contributed by atoms with Crippen LogP contribution in [0.3, 0.4) is 0 Å². The Morgan fingerprint density at radius 3 is 2.72 bits per heavy atom. The van der Waals surface area contributed by atoms with E-state index < -0.39 is 9.84 Å². The summed E-state index contributed by atoms with van der Waals surface area (Å²) in [5.41, 5.74) is 0. The Morgan fingerprint density at radius 1 is 1.33 bits per heavy atom. The third-order valence-electron chi connectivity index (χ3n) is 4.29. The van der Waals surface area contributed by atoms with Crippen LogP contribution < -0.4 is 0 Å². The number of aliphatic hydroxyl groups is 1. The van der Waals surface area contributed by atoms with Crippen molar-refractivity contribution in [1.29, 1.82) is 0 Å². The van der Waals surface area contributed by atoms with Crippen molar-refractivity contribution < 1.29 is 18.3 Å². The van der Waals surface area contributed by atoms with Crippen molar-refractivity contribution in [1.82, 2.24) is 0 Å². The zero-order valence-electron chi connectivity index (χ0n) is 10.9. The van der Waals surface area contributed by atoms with Gasteiger partial charge in [0.25, 0.3) is 0 Å². The molecule has 0 amide bonds. The van der Waals surface area contributed by atoms with Gasteiger partial charge in [0, 0.05) is 13.2 Å². The van der Waals surface area contributed by atoms with Crippen molar-refractivity contribution in [2.75, 3.05) is 24.7 Å². The predicted octanol–water partition coefficient (Wildman–Crippen LogP) is 1.38. The van der Waals surface area contributed by atoms with E-state index in [-0.39, 0.29) is 24.2 Å². The molecule has 2 rings (SSSR count). The van der Waals surface area contributed by atoms with Crippen LogP contribution in [0.15, 0.2) is 0 Å². The first-order valence-corrected chi connectivity index (χ1v) is 8.86. The Balaban J connectivity index is 1.72. The van der Waals surface area contributed by atoms with Gasteiger partial charge in [-0.15, -0.1) is 0 Å². The largest absolute Gasteiger partial charge is 0.396 e. The molecular weight excluding hydrogens is 252 g/mol. The van der Waals surface area contributed by atoms with Crippen molar-refractivity contribution in [2.24, 2.45) is 11.8 Å². The first kappa shape index (κ1) is 14.3. The topological polar surface area (TPSA) is 63.6 Å². The fourth-order valence-electron chi connectivity index (χ4n) is 3.15. The molecule has 0 bridgehead atoms. The van der Waals surface area contributed by atoms with Gasteiger partial charge in [-0.3, -0.25) is 0 Å². The molecule has 0 aliphatic carbocycles. The summed E-state index contributed by atoms with van der Waals surface area (Å²) in [7, 11) is -2.83. The van der Waals surface area contributed by atoms with E-state index in [9.17, 15) is 13.5 Å². The maximum atomic E-state index is 11.4. The number of hydrogen-bond donors (Lipinski definition) is 1. The Labute approximate surface area is 110 Å². The highest BCUT2D eigenvalue weighted by Crippen LogP contribution is 2.30. The third kappa shape index (κ3) is 3.93. The average Bonchev–Trinajstić information content (AvgIpc) is 2.94. The number of rotatable bonds is 6. The maximum Gasteiger partial charge on any atom is 0.150 e. The van der Waals surface area contributed by atoms with Gasteiger partial charge in [-0.1, -0.05) is 6.42 Å². The van der Waals surface area contributed by atoms with E-state index in [1.54, 1.807) is 0 Å². The molecule has 2 fully saturated rings. The minimum atomic E-state index is -2.83. The average molecular weight is 276 g/mol. The summed E-state index contributed by atoms with van der Waals surface area (Å²) in [5, 5.41) is 9.42. The molecule has 2 aliphatic heterocycles. The summed E-state index contributed by atoms with van der Waals surface area (Å²) >= 11 is 0. The molecule has 4 nitrogen and oxygen atoms in total. The minimum absolute atomic E-state index is 0.117. The Bertz CT molecular complexity index is 346. The summed E-state index contributed by atoms with van der Waals surface area (Å²) in [6.45, 7) is 1.00. The molecule has 0 radical (unpaired) electrons. The molecule has 3 unspecified atom stereocenters. The van der Waals surface area contributed by atoms with E-state index in [0.29, 0.717) is 11.9 Å². The van der Waals surface area contributed by atoms with Crippen LogP contribution in [-0.2, 0) is 14.6 Å². The SMILES string of the molecule is O=S1(=O)CCC(C(CO)CCCC2CCCO2)C1. The molecular formula is C13H24O4S. The zero-order valence-corrected chi connectivity index (χ0v) is 11.7. The normalized spacial score (nSPS) is 32.7. The van der Waals surface area contributed by atoms with Gasteiger partial charge >= 0.3 is 0 Å². The predicted molar refractivity (Wildman–Crippen MR) is 70.2 cm³/mol. The van der Waals surface area contributed by atoms with Gasteiger partial charge in [0.05, 0.1) is 17.6 Å². The van der Waals surface area contributed by atoms with Gasteiger partial charge in [-0.05, 0) is 43.9 Å². The van der Waals surface area contributed by atoms with Crippen LogP contribution in [0.25, 0.3) is 0 Å². The fourth-order valence-corrected chi connectivity index (χ4v) is 5.07. The highest BCUT2D eigenvalue weighted by atomic mass is 32.2. The highest BCUT2D eigenvalue weighted by molar-refractivity contribution is 7.91. The van der Waals surface area contributed by atoms with Crippen molar-refractivity contribution >= 4 is 9.84 Å². The lowest BCUT2D eigenvalue weighted by Crippen LogP contribution is -2.20. The van der Waals surface area contributed by atoms with Gasteiger partial charge < -0.3 is 9.84 Å².